The number of carbonyl (C=O) groups excluding carboxylic acids is 1. The van der Waals surface area contributed by atoms with Crippen molar-refractivity contribution < 1.29 is 28.3 Å². The van der Waals surface area contributed by atoms with Gasteiger partial charge in [-0.3, -0.25) is 9.36 Å². The summed E-state index contributed by atoms with van der Waals surface area (Å²) in [4.78, 5) is 11.1. The first-order valence-electron chi connectivity index (χ1n) is 6.24. The molecule has 3 N–H and O–H groups in total. The first-order chi connectivity index (χ1) is 10.2. The minimum atomic E-state index is -3.67. The average Bonchev–Trinajstić information content (AvgIpc) is 2.76. The van der Waals surface area contributed by atoms with Gasteiger partial charge in [0.2, 0.25) is 6.20 Å². The Morgan fingerprint density at radius 3 is 3.00 bits per heavy atom. The maximum atomic E-state index is 11.1. The lowest BCUT2D eigenvalue weighted by molar-refractivity contribution is -0.569. The molecule has 1 amide bonds. The maximum absolute atomic E-state index is 11.1. The molecule has 1 aliphatic heterocycles. The highest BCUT2D eigenvalue weighted by molar-refractivity contribution is 8.05. The zero-order valence-electron chi connectivity index (χ0n) is 11.3. The summed E-state index contributed by atoms with van der Waals surface area (Å²) in [6.07, 6.45) is -0.197. The molecule has 7 nitrogen and oxygen atoms in total. The van der Waals surface area contributed by atoms with Crippen LogP contribution >= 0.6 is 28.6 Å². The molecule has 1 aliphatic rings. The van der Waals surface area contributed by atoms with E-state index >= 15 is 0 Å². The molecular formula is C12H14Cl2N2O5P+. The molecule has 2 heterocycles. The fraction of sp³-hybridized carbons (Fsp3) is 0.333. The van der Waals surface area contributed by atoms with E-state index in [0.717, 1.165) is 0 Å². The largest absolute Gasteiger partial charge is 0.483 e. The van der Waals surface area contributed by atoms with Crippen molar-refractivity contribution in [3.05, 3.63) is 35.8 Å². The number of carbonyl (C=O) groups is 1. The van der Waals surface area contributed by atoms with Gasteiger partial charge in [-0.25, -0.2) is 0 Å². The molecule has 22 heavy (non-hydrogen) atoms. The third-order valence-electron chi connectivity index (χ3n) is 2.93. The van der Waals surface area contributed by atoms with E-state index in [0.29, 0.717) is 11.3 Å². The highest BCUT2D eigenvalue weighted by atomic mass is 35.9. The number of amides is 1. The molecule has 120 valence electrons. The van der Waals surface area contributed by atoms with Crippen LogP contribution in [0.4, 0.5) is 0 Å². The number of hydrogen-bond acceptors (Lipinski definition) is 5. The van der Waals surface area contributed by atoms with Gasteiger partial charge in [0.05, 0.1) is 6.61 Å². The summed E-state index contributed by atoms with van der Waals surface area (Å²) in [7, 11) is 0. The van der Waals surface area contributed by atoms with E-state index in [1.807, 2.05) is 0 Å². The summed E-state index contributed by atoms with van der Waals surface area (Å²) < 4.78 is 22.9. The topological polar surface area (TPSA) is 103 Å². The van der Waals surface area contributed by atoms with Gasteiger partial charge in [0.15, 0.2) is 18.2 Å². The number of rotatable bonds is 5. The number of hydrogen-bond donors (Lipinski definition) is 2. The molecule has 1 aromatic rings. The Balaban J connectivity index is 2.06. The monoisotopic (exact) mass is 367 g/mol. The summed E-state index contributed by atoms with van der Waals surface area (Å²) in [5.74, 6) is -0.0851. The van der Waals surface area contributed by atoms with Crippen LogP contribution in [0.2, 0.25) is 0 Å². The van der Waals surface area contributed by atoms with Crippen LogP contribution in [0.25, 0.3) is 6.20 Å². The Morgan fingerprint density at radius 2 is 2.36 bits per heavy atom. The van der Waals surface area contributed by atoms with Gasteiger partial charge in [0.1, 0.15) is 17.8 Å². The molecule has 1 aromatic heterocycles. The van der Waals surface area contributed by atoms with E-state index in [1.165, 1.54) is 6.20 Å². The zero-order valence-corrected chi connectivity index (χ0v) is 13.7. The normalized spacial score (nSPS) is 23.5. The minimum absolute atomic E-state index is 0.200. The molecule has 10 heteroatoms. The van der Waals surface area contributed by atoms with Gasteiger partial charge in [-0.2, -0.15) is 4.57 Å². The molecule has 0 saturated carbocycles. The van der Waals surface area contributed by atoms with Crippen LogP contribution in [0, 0.1) is 0 Å². The third-order valence-corrected chi connectivity index (χ3v) is 3.97. The van der Waals surface area contributed by atoms with Gasteiger partial charge in [0.25, 0.3) is 5.91 Å². The third kappa shape index (κ3) is 4.97. The van der Waals surface area contributed by atoms with E-state index in [-0.39, 0.29) is 13.0 Å². The van der Waals surface area contributed by atoms with Crippen molar-refractivity contribution in [1.29, 1.82) is 0 Å². The van der Waals surface area contributed by atoms with Crippen molar-refractivity contribution in [1.82, 2.24) is 0 Å². The van der Waals surface area contributed by atoms with Crippen molar-refractivity contribution in [2.45, 2.75) is 18.6 Å². The second-order valence-electron chi connectivity index (χ2n) is 4.64. The number of nitrogens with two attached hydrogens (primary N) is 1. The van der Waals surface area contributed by atoms with Gasteiger partial charge < -0.3 is 20.1 Å². The molecule has 2 atom stereocenters. The molecule has 1 fully saturated rings. The molecule has 0 aliphatic carbocycles. The van der Waals surface area contributed by atoms with E-state index < -0.39 is 24.2 Å². The second kappa shape index (κ2) is 6.98. The van der Waals surface area contributed by atoms with Crippen molar-refractivity contribution >= 4 is 40.7 Å². The van der Waals surface area contributed by atoms with E-state index in [9.17, 15) is 14.5 Å². The van der Waals surface area contributed by atoms with Crippen LogP contribution in [0.5, 0.6) is 0 Å². The Bertz CT molecular complexity index is 648. The second-order valence-corrected chi connectivity index (χ2v) is 8.91. The SMILES string of the molecule is NC(=O)c1ccc[n+](C=C2C[C@H](O)[C@@H](COP(=O)(Cl)Cl)O2)c1. The van der Waals surface area contributed by atoms with Crippen molar-refractivity contribution in [2.24, 2.45) is 5.73 Å². The number of pyridine rings is 1. The number of ether oxygens (including phenoxy) is 1. The maximum Gasteiger partial charge on any atom is 0.380 e. The molecule has 0 unspecified atom stereocenters. The molecule has 0 spiro atoms. The van der Waals surface area contributed by atoms with Crippen LogP contribution in [-0.4, -0.2) is 29.8 Å². The quantitative estimate of drug-likeness (QED) is 0.608. The molecule has 0 radical (unpaired) electrons. The molecular weight excluding hydrogens is 354 g/mol. The van der Waals surface area contributed by atoms with Crippen LogP contribution in [-0.2, 0) is 13.8 Å². The summed E-state index contributed by atoms with van der Waals surface area (Å²) in [5.41, 5.74) is 5.54. The van der Waals surface area contributed by atoms with E-state index in [1.54, 1.807) is 29.1 Å². The van der Waals surface area contributed by atoms with Gasteiger partial charge in [-0.05, 0) is 28.5 Å². The standard InChI is InChI=1S/C12H13Cl2N2O5P/c13-22(14,19)20-7-11-10(17)4-9(21-11)6-16-3-1-2-8(5-16)12(15)18/h1-3,5-6,10-11,17H,4,7H2,(H-,15,18)/p+1/t10-,11+/m0/s1. The first kappa shape index (κ1) is 17.2. The number of aliphatic hydroxyl groups excluding tert-OH is 1. The van der Waals surface area contributed by atoms with Crippen LogP contribution in [0.1, 0.15) is 16.8 Å². The van der Waals surface area contributed by atoms with Gasteiger partial charge in [-0.1, -0.05) is 0 Å². The number of halogens is 2. The van der Waals surface area contributed by atoms with Crippen LogP contribution in [0.3, 0.4) is 0 Å². The summed E-state index contributed by atoms with van der Waals surface area (Å²) >= 11 is 10.5. The van der Waals surface area contributed by atoms with Crippen molar-refractivity contribution in [3.8, 4) is 0 Å². The Labute approximate surface area is 136 Å². The fourth-order valence-electron chi connectivity index (χ4n) is 1.93. The lowest BCUT2D eigenvalue weighted by Gasteiger charge is -2.13. The predicted octanol–water partition coefficient (Wildman–Crippen LogP) is 1.62. The Hall–Kier alpha value is -1.11. The smallest absolute Gasteiger partial charge is 0.380 e. The number of primary amides is 1. The highest BCUT2D eigenvalue weighted by Gasteiger charge is 2.34. The number of aromatic nitrogens is 1. The summed E-state index contributed by atoms with van der Waals surface area (Å²) in [6, 6.07) is 3.23. The first-order valence-corrected chi connectivity index (χ1v) is 9.68. The Morgan fingerprint density at radius 1 is 1.64 bits per heavy atom. The number of nitrogens with zero attached hydrogens (tertiary/aromatic N) is 1. The molecule has 0 aromatic carbocycles. The minimum Gasteiger partial charge on any atom is -0.483 e. The van der Waals surface area contributed by atoms with E-state index in [2.05, 4.69) is 0 Å². The number of aliphatic hydroxyl groups is 1. The Kier molecular flexibility index (Phi) is 5.47. The lowest BCUT2D eigenvalue weighted by Crippen LogP contribution is -2.28. The predicted molar refractivity (Wildman–Crippen MR) is 80.2 cm³/mol. The van der Waals surface area contributed by atoms with Gasteiger partial charge in [0, 0.05) is 12.5 Å². The van der Waals surface area contributed by atoms with Crippen LogP contribution in [0.15, 0.2) is 30.3 Å². The van der Waals surface area contributed by atoms with Crippen molar-refractivity contribution in [2.75, 3.05) is 6.61 Å². The zero-order chi connectivity index (χ0) is 16.3. The van der Waals surface area contributed by atoms with Crippen LogP contribution < -0.4 is 10.3 Å². The summed E-state index contributed by atoms with van der Waals surface area (Å²) in [5, 5.41) is 9.87. The van der Waals surface area contributed by atoms with Crippen molar-refractivity contribution in [3.63, 3.8) is 0 Å². The summed E-state index contributed by atoms with van der Waals surface area (Å²) in [6.45, 7) is -0.200. The lowest BCUT2D eigenvalue weighted by atomic mass is 10.2. The van der Waals surface area contributed by atoms with Gasteiger partial charge >= 0.3 is 6.07 Å². The molecule has 1 saturated heterocycles. The molecule has 2 rings (SSSR count). The van der Waals surface area contributed by atoms with Gasteiger partial charge in [-0.15, -0.1) is 0 Å². The average molecular weight is 368 g/mol. The highest BCUT2D eigenvalue weighted by Crippen LogP contribution is 2.57. The fourth-order valence-corrected chi connectivity index (χ4v) is 2.59. The van der Waals surface area contributed by atoms with E-state index in [4.69, 9.17) is 37.5 Å². The molecule has 0 bridgehead atoms.